The van der Waals surface area contributed by atoms with Crippen molar-refractivity contribution < 1.29 is 38.3 Å². The summed E-state index contributed by atoms with van der Waals surface area (Å²) in [7, 11) is 2.39. The van der Waals surface area contributed by atoms with Crippen molar-refractivity contribution in [3.63, 3.8) is 0 Å². The van der Waals surface area contributed by atoms with Crippen molar-refractivity contribution in [2.75, 3.05) is 20.8 Å². The Labute approximate surface area is 205 Å². The van der Waals surface area contributed by atoms with E-state index in [1.807, 2.05) is 0 Å². The number of aromatic nitrogens is 1. The molecule has 3 rings (SSSR count). The zero-order valence-corrected chi connectivity index (χ0v) is 19.9. The third kappa shape index (κ3) is 5.30. The van der Waals surface area contributed by atoms with Crippen molar-refractivity contribution in [3.8, 4) is 5.69 Å². The second-order valence-electron chi connectivity index (χ2n) is 7.68. The summed E-state index contributed by atoms with van der Waals surface area (Å²) in [6.07, 6.45) is 0. The Hall–Kier alpha value is -4.80. The first-order chi connectivity index (χ1) is 17.1. The smallest absolute Gasteiger partial charge is 0.338 e. The molecule has 1 heterocycles. The number of nitro groups is 1. The van der Waals surface area contributed by atoms with Gasteiger partial charge in [-0.3, -0.25) is 14.9 Å². The van der Waals surface area contributed by atoms with Crippen LogP contribution in [0.3, 0.4) is 0 Å². The number of methoxy groups -OCH3 is 2. The molecule has 0 fully saturated rings. The van der Waals surface area contributed by atoms with Crippen LogP contribution in [0.2, 0.25) is 0 Å². The lowest BCUT2D eigenvalue weighted by atomic mass is 10.1. The molecule has 0 radical (unpaired) electrons. The molecule has 2 aromatic carbocycles. The number of carbonyl (C=O) groups excluding carboxylic acids is 4. The van der Waals surface area contributed by atoms with E-state index in [-0.39, 0.29) is 11.1 Å². The average Bonchev–Trinajstić information content (AvgIpc) is 3.19. The van der Waals surface area contributed by atoms with Crippen LogP contribution in [0.5, 0.6) is 0 Å². The van der Waals surface area contributed by atoms with Crippen LogP contribution >= 0.6 is 0 Å². The molecule has 36 heavy (non-hydrogen) atoms. The van der Waals surface area contributed by atoms with E-state index in [4.69, 9.17) is 9.47 Å². The summed E-state index contributed by atoms with van der Waals surface area (Å²) in [5, 5.41) is 11.2. The van der Waals surface area contributed by atoms with E-state index in [2.05, 4.69) is 4.74 Å². The highest BCUT2D eigenvalue weighted by Crippen LogP contribution is 2.23. The molecule has 0 saturated carbocycles. The minimum absolute atomic E-state index is 0.202. The Morgan fingerprint density at radius 3 is 1.94 bits per heavy atom. The molecule has 0 bridgehead atoms. The molecule has 186 valence electrons. The second-order valence-corrected chi connectivity index (χ2v) is 7.68. The predicted molar refractivity (Wildman–Crippen MR) is 126 cm³/mol. The van der Waals surface area contributed by atoms with Crippen molar-refractivity contribution in [3.05, 3.63) is 92.3 Å². The Morgan fingerprint density at radius 1 is 0.833 bits per heavy atom. The summed E-state index contributed by atoms with van der Waals surface area (Å²) in [5.41, 5.74) is 1.74. The first-order valence-corrected chi connectivity index (χ1v) is 10.5. The summed E-state index contributed by atoms with van der Waals surface area (Å²) in [6.45, 7) is 2.89. The van der Waals surface area contributed by atoms with Crippen molar-refractivity contribution in [1.82, 2.24) is 4.57 Å². The zero-order chi connectivity index (χ0) is 26.6. The monoisotopic (exact) mass is 494 g/mol. The molecule has 11 heteroatoms. The van der Waals surface area contributed by atoms with Crippen LogP contribution in [0.4, 0.5) is 5.69 Å². The Bertz CT molecular complexity index is 1370. The molecule has 0 atom stereocenters. The maximum atomic E-state index is 12.8. The first kappa shape index (κ1) is 25.8. The minimum atomic E-state index is -1.01. The molecule has 11 nitrogen and oxygen atoms in total. The van der Waals surface area contributed by atoms with E-state index >= 15 is 0 Å². The highest BCUT2D eigenvalue weighted by Gasteiger charge is 2.22. The number of non-ortho nitro benzene ring substituents is 1. The summed E-state index contributed by atoms with van der Waals surface area (Å²) in [4.78, 5) is 59.2. The van der Waals surface area contributed by atoms with Crippen molar-refractivity contribution in [2.24, 2.45) is 0 Å². The van der Waals surface area contributed by atoms with Gasteiger partial charge in [-0.1, -0.05) is 0 Å². The highest BCUT2D eigenvalue weighted by molar-refractivity contribution is 6.01. The molecule has 0 amide bonds. The van der Waals surface area contributed by atoms with Gasteiger partial charge >= 0.3 is 17.9 Å². The number of rotatable bonds is 8. The number of ether oxygens (including phenoxy) is 3. The van der Waals surface area contributed by atoms with Gasteiger partial charge in [-0.2, -0.15) is 0 Å². The molecular formula is C25H22N2O9. The third-order valence-corrected chi connectivity index (χ3v) is 5.40. The number of hydrogen-bond acceptors (Lipinski definition) is 9. The standard InChI is InChI=1S/C25H22N2O9/c1-14-9-21(15(2)26(14)19-7-5-16(6-8-19)23(29)34-3)22(28)13-36-25(31)18-10-17(24(30)35-4)11-20(12-18)27(32)33/h5-12H,13H2,1-4H3. The van der Waals surface area contributed by atoms with Gasteiger partial charge in [0.2, 0.25) is 5.78 Å². The average molecular weight is 494 g/mol. The van der Waals surface area contributed by atoms with E-state index in [1.54, 1.807) is 48.7 Å². The molecule has 0 saturated heterocycles. The first-order valence-electron chi connectivity index (χ1n) is 10.5. The van der Waals surface area contributed by atoms with Gasteiger partial charge in [-0.05, 0) is 50.2 Å². The molecule has 1 aromatic heterocycles. The maximum absolute atomic E-state index is 12.8. The predicted octanol–water partition coefficient (Wildman–Crippen LogP) is 3.62. The Kier molecular flexibility index (Phi) is 7.63. The number of esters is 3. The Morgan fingerprint density at radius 2 is 1.39 bits per heavy atom. The zero-order valence-electron chi connectivity index (χ0n) is 19.9. The molecule has 0 aliphatic rings. The van der Waals surface area contributed by atoms with Crippen LogP contribution in [-0.2, 0) is 14.2 Å². The van der Waals surface area contributed by atoms with E-state index < -0.39 is 40.9 Å². The minimum Gasteiger partial charge on any atom is -0.465 e. The van der Waals surface area contributed by atoms with Crippen LogP contribution in [0.25, 0.3) is 5.69 Å². The summed E-state index contributed by atoms with van der Waals surface area (Å²) < 4.78 is 16.1. The fourth-order valence-electron chi connectivity index (χ4n) is 3.67. The van der Waals surface area contributed by atoms with Gasteiger partial charge in [-0.15, -0.1) is 0 Å². The van der Waals surface area contributed by atoms with Crippen LogP contribution in [0.15, 0.2) is 48.5 Å². The van der Waals surface area contributed by atoms with Gasteiger partial charge in [0, 0.05) is 34.8 Å². The number of nitro benzene ring substituents is 1. The van der Waals surface area contributed by atoms with Gasteiger partial charge < -0.3 is 18.8 Å². The molecule has 0 N–H and O–H groups in total. The van der Waals surface area contributed by atoms with Crippen LogP contribution < -0.4 is 0 Å². The summed E-state index contributed by atoms with van der Waals surface area (Å²) in [5.74, 6) is -2.84. The lowest BCUT2D eigenvalue weighted by Crippen LogP contribution is -2.16. The molecule has 0 aliphatic carbocycles. The van der Waals surface area contributed by atoms with Crippen LogP contribution in [0, 0.1) is 24.0 Å². The molecule has 0 aliphatic heterocycles. The van der Waals surface area contributed by atoms with Gasteiger partial charge in [0.1, 0.15) is 0 Å². The number of benzene rings is 2. The fraction of sp³-hybridized carbons (Fsp3) is 0.200. The van der Waals surface area contributed by atoms with Gasteiger partial charge in [0.25, 0.3) is 5.69 Å². The number of nitrogens with zero attached hydrogens (tertiary/aromatic N) is 2. The second kappa shape index (κ2) is 10.6. The summed E-state index contributed by atoms with van der Waals surface area (Å²) in [6, 6.07) is 11.3. The largest absolute Gasteiger partial charge is 0.465 e. The molecule has 3 aromatic rings. The number of hydrogen-bond donors (Lipinski definition) is 0. The van der Waals surface area contributed by atoms with Crippen LogP contribution in [-0.4, -0.2) is 54.0 Å². The molecule has 0 spiro atoms. The van der Waals surface area contributed by atoms with Gasteiger partial charge in [0.15, 0.2) is 6.61 Å². The number of Topliss-reactive ketones (excluding diaryl/α,β-unsaturated/α-hetero) is 1. The van der Waals surface area contributed by atoms with Crippen molar-refractivity contribution in [1.29, 1.82) is 0 Å². The number of aryl methyl sites for hydroxylation is 1. The normalized spacial score (nSPS) is 10.4. The number of ketones is 1. The van der Waals surface area contributed by atoms with Crippen molar-refractivity contribution >= 4 is 29.4 Å². The van der Waals surface area contributed by atoms with E-state index in [0.29, 0.717) is 22.5 Å². The van der Waals surface area contributed by atoms with Gasteiger partial charge in [-0.25, -0.2) is 14.4 Å². The lowest BCUT2D eigenvalue weighted by Gasteiger charge is -2.11. The van der Waals surface area contributed by atoms with E-state index in [9.17, 15) is 29.3 Å². The third-order valence-electron chi connectivity index (χ3n) is 5.40. The van der Waals surface area contributed by atoms with Crippen LogP contribution in [0.1, 0.15) is 52.8 Å². The summed E-state index contributed by atoms with van der Waals surface area (Å²) >= 11 is 0. The highest BCUT2D eigenvalue weighted by atomic mass is 16.6. The number of carbonyl (C=O) groups is 4. The topological polar surface area (TPSA) is 144 Å². The van der Waals surface area contributed by atoms with Crippen molar-refractivity contribution in [2.45, 2.75) is 13.8 Å². The van der Waals surface area contributed by atoms with E-state index in [0.717, 1.165) is 31.0 Å². The maximum Gasteiger partial charge on any atom is 0.338 e. The van der Waals surface area contributed by atoms with Gasteiger partial charge in [0.05, 0.1) is 35.8 Å². The molecular weight excluding hydrogens is 472 g/mol. The molecule has 0 unspecified atom stereocenters. The van der Waals surface area contributed by atoms with E-state index in [1.165, 1.54) is 7.11 Å². The quantitative estimate of drug-likeness (QED) is 0.151. The fourth-order valence-corrected chi connectivity index (χ4v) is 3.67. The lowest BCUT2D eigenvalue weighted by molar-refractivity contribution is -0.384. The SMILES string of the molecule is COC(=O)c1ccc(-n2c(C)cc(C(=O)COC(=O)c3cc(C(=O)OC)cc([N+](=O)[O-])c3)c2C)cc1. The Balaban J connectivity index is 1.80.